The van der Waals surface area contributed by atoms with Crippen molar-refractivity contribution < 1.29 is 23.7 Å². The maximum Gasteiger partial charge on any atom is 0.203 e. The molecule has 0 saturated heterocycles. The monoisotopic (exact) mass is 461 g/mol. The highest BCUT2D eigenvalue weighted by Crippen LogP contribution is 2.51. The number of fused-ring (bicyclic) bond motifs is 3. The number of pyridine rings is 1. The minimum Gasteiger partial charge on any atom is -0.493 e. The SMILES string of the molecule is CCOc1cccc2c1OC(c1cc(OC)c(OC)c(OC)c1)N1NC(c3cccnc3)=CC21. The number of hydrazine groups is 1. The second-order valence-electron chi connectivity index (χ2n) is 7.82. The maximum absolute atomic E-state index is 6.61. The lowest BCUT2D eigenvalue weighted by Gasteiger charge is -2.39. The molecule has 0 spiro atoms. The average molecular weight is 462 g/mol. The van der Waals surface area contributed by atoms with Gasteiger partial charge in [0.2, 0.25) is 5.75 Å². The molecule has 0 fully saturated rings. The first-order chi connectivity index (χ1) is 16.7. The number of ether oxygens (including phenoxy) is 5. The molecule has 5 rings (SSSR count). The van der Waals surface area contributed by atoms with Crippen molar-refractivity contribution in [2.45, 2.75) is 19.2 Å². The van der Waals surface area contributed by atoms with E-state index in [0.29, 0.717) is 29.6 Å². The standard InChI is InChI=1S/C26H27N3O5/c1-5-33-21-10-6-9-18-20-14-19(16-8-7-11-27-15-16)28-29(20)26(34-24(18)21)17-12-22(30-2)25(32-4)23(13-17)31-3/h6-15,20,26,28H,5H2,1-4H3. The summed E-state index contributed by atoms with van der Waals surface area (Å²) in [6.07, 6.45) is 5.28. The van der Waals surface area contributed by atoms with Gasteiger partial charge in [-0.1, -0.05) is 12.1 Å². The highest BCUT2D eigenvalue weighted by Gasteiger charge is 2.42. The fraction of sp³-hybridized carbons (Fsp3) is 0.269. The van der Waals surface area contributed by atoms with Gasteiger partial charge in [-0.05, 0) is 43.3 Å². The van der Waals surface area contributed by atoms with E-state index in [2.05, 4.69) is 27.6 Å². The Bertz CT molecular complexity index is 1190. The number of methoxy groups -OCH3 is 3. The van der Waals surface area contributed by atoms with Crippen LogP contribution in [0.15, 0.2) is 60.9 Å². The summed E-state index contributed by atoms with van der Waals surface area (Å²) in [5, 5.41) is 2.07. The van der Waals surface area contributed by atoms with E-state index in [1.165, 1.54) is 0 Å². The van der Waals surface area contributed by atoms with E-state index in [4.69, 9.17) is 23.7 Å². The van der Waals surface area contributed by atoms with Crippen molar-refractivity contribution in [3.05, 3.63) is 77.6 Å². The number of nitrogens with zero attached hydrogens (tertiary/aromatic N) is 2. The van der Waals surface area contributed by atoms with Gasteiger partial charge in [-0.3, -0.25) is 4.98 Å². The van der Waals surface area contributed by atoms with E-state index in [1.54, 1.807) is 27.5 Å². The Morgan fingerprint density at radius 1 is 1.00 bits per heavy atom. The number of para-hydroxylation sites is 1. The number of benzene rings is 2. The minimum absolute atomic E-state index is 0.0940. The van der Waals surface area contributed by atoms with Crippen molar-refractivity contribution in [1.29, 1.82) is 0 Å². The molecule has 2 atom stereocenters. The number of nitrogens with one attached hydrogen (secondary N) is 1. The Morgan fingerprint density at radius 3 is 2.44 bits per heavy atom. The smallest absolute Gasteiger partial charge is 0.203 e. The molecule has 0 radical (unpaired) electrons. The molecule has 3 aromatic rings. The molecule has 2 aliphatic heterocycles. The fourth-order valence-corrected chi connectivity index (χ4v) is 4.41. The van der Waals surface area contributed by atoms with Crippen LogP contribution in [0.25, 0.3) is 5.70 Å². The summed E-state index contributed by atoms with van der Waals surface area (Å²) in [6, 6.07) is 13.6. The molecule has 176 valence electrons. The normalized spacial score (nSPS) is 18.6. The average Bonchev–Trinajstić information content (AvgIpc) is 3.34. The third-order valence-corrected chi connectivity index (χ3v) is 5.93. The Labute approximate surface area is 198 Å². The molecule has 1 aromatic heterocycles. The van der Waals surface area contributed by atoms with Crippen LogP contribution in [0, 0.1) is 0 Å². The second-order valence-corrected chi connectivity index (χ2v) is 7.82. The van der Waals surface area contributed by atoms with Crippen molar-refractivity contribution in [2.24, 2.45) is 0 Å². The van der Waals surface area contributed by atoms with Crippen LogP contribution in [-0.2, 0) is 0 Å². The van der Waals surface area contributed by atoms with Gasteiger partial charge in [-0.25, -0.2) is 0 Å². The van der Waals surface area contributed by atoms with Crippen LogP contribution in [0.1, 0.15) is 35.9 Å². The summed E-state index contributed by atoms with van der Waals surface area (Å²) in [7, 11) is 4.79. The highest BCUT2D eigenvalue weighted by atomic mass is 16.5. The first-order valence-corrected chi connectivity index (χ1v) is 11.1. The number of rotatable bonds is 7. The first-order valence-electron chi connectivity index (χ1n) is 11.1. The molecular formula is C26H27N3O5. The molecular weight excluding hydrogens is 434 g/mol. The summed E-state index contributed by atoms with van der Waals surface area (Å²) in [5.41, 5.74) is 7.32. The predicted octanol–water partition coefficient (Wildman–Crippen LogP) is 4.50. The third kappa shape index (κ3) is 3.66. The fourth-order valence-electron chi connectivity index (χ4n) is 4.41. The molecule has 8 nitrogen and oxygen atoms in total. The van der Waals surface area contributed by atoms with Crippen molar-refractivity contribution in [3.8, 4) is 28.7 Å². The zero-order valence-corrected chi connectivity index (χ0v) is 19.6. The Kier molecular flexibility index (Phi) is 5.90. The molecule has 0 amide bonds. The second kappa shape index (κ2) is 9.15. The van der Waals surface area contributed by atoms with Gasteiger partial charge in [0, 0.05) is 29.1 Å². The van der Waals surface area contributed by atoms with Crippen molar-refractivity contribution >= 4 is 5.70 Å². The molecule has 0 bridgehead atoms. The van der Waals surface area contributed by atoms with E-state index >= 15 is 0 Å². The predicted molar refractivity (Wildman–Crippen MR) is 127 cm³/mol. The van der Waals surface area contributed by atoms with E-state index in [1.807, 2.05) is 49.5 Å². The quantitative estimate of drug-likeness (QED) is 0.551. The highest BCUT2D eigenvalue weighted by molar-refractivity contribution is 5.67. The van der Waals surface area contributed by atoms with E-state index < -0.39 is 6.23 Å². The van der Waals surface area contributed by atoms with Crippen LogP contribution in [-0.4, -0.2) is 37.9 Å². The molecule has 2 aromatic carbocycles. The summed E-state index contributed by atoms with van der Waals surface area (Å²) in [5.74, 6) is 3.07. The topological polar surface area (TPSA) is 74.3 Å². The van der Waals surface area contributed by atoms with Gasteiger partial charge < -0.3 is 29.1 Å². The molecule has 2 unspecified atom stereocenters. The zero-order chi connectivity index (χ0) is 23.7. The van der Waals surface area contributed by atoms with Crippen molar-refractivity contribution in [1.82, 2.24) is 15.4 Å². The zero-order valence-electron chi connectivity index (χ0n) is 19.6. The number of hydrogen-bond donors (Lipinski definition) is 1. The Hall–Kier alpha value is -3.91. The van der Waals surface area contributed by atoms with Gasteiger partial charge in [-0.2, -0.15) is 5.01 Å². The maximum atomic E-state index is 6.61. The molecule has 34 heavy (non-hydrogen) atoms. The minimum atomic E-state index is -0.502. The van der Waals surface area contributed by atoms with Gasteiger partial charge in [-0.15, -0.1) is 0 Å². The summed E-state index contributed by atoms with van der Waals surface area (Å²) >= 11 is 0. The first kappa shape index (κ1) is 21.9. The van der Waals surface area contributed by atoms with E-state index in [0.717, 1.165) is 28.1 Å². The summed E-state index contributed by atoms with van der Waals surface area (Å²) in [6.45, 7) is 2.50. The van der Waals surface area contributed by atoms with Crippen LogP contribution in [0.5, 0.6) is 28.7 Å². The number of aromatic nitrogens is 1. The van der Waals surface area contributed by atoms with Crippen LogP contribution in [0.3, 0.4) is 0 Å². The van der Waals surface area contributed by atoms with E-state index in [9.17, 15) is 0 Å². The lowest BCUT2D eigenvalue weighted by atomic mass is 10.00. The summed E-state index contributed by atoms with van der Waals surface area (Å²) < 4.78 is 29.2. The van der Waals surface area contributed by atoms with Gasteiger partial charge in [0.05, 0.1) is 39.7 Å². The molecule has 3 heterocycles. The van der Waals surface area contributed by atoms with Crippen LogP contribution in [0.4, 0.5) is 0 Å². The molecule has 8 heteroatoms. The van der Waals surface area contributed by atoms with Gasteiger partial charge in [0.15, 0.2) is 29.2 Å². The van der Waals surface area contributed by atoms with Crippen LogP contribution in [0.2, 0.25) is 0 Å². The largest absolute Gasteiger partial charge is 0.493 e. The molecule has 0 saturated carbocycles. The Morgan fingerprint density at radius 2 is 1.79 bits per heavy atom. The van der Waals surface area contributed by atoms with Crippen molar-refractivity contribution in [2.75, 3.05) is 27.9 Å². The molecule has 1 N–H and O–H groups in total. The van der Waals surface area contributed by atoms with Crippen LogP contribution >= 0.6 is 0 Å². The summed E-state index contributed by atoms with van der Waals surface area (Å²) in [4.78, 5) is 4.27. The van der Waals surface area contributed by atoms with Gasteiger partial charge in [0.25, 0.3) is 0 Å². The lowest BCUT2D eigenvalue weighted by Crippen LogP contribution is -2.43. The Balaban J connectivity index is 1.64. The van der Waals surface area contributed by atoms with Crippen molar-refractivity contribution in [3.63, 3.8) is 0 Å². The van der Waals surface area contributed by atoms with Crippen LogP contribution < -0.4 is 29.1 Å². The number of hydrogen-bond acceptors (Lipinski definition) is 8. The van der Waals surface area contributed by atoms with E-state index in [-0.39, 0.29) is 6.04 Å². The van der Waals surface area contributed by atoms with Gasteiger partial charge >= 0.3 is 0 Å². The lowest BCUT2D eigenvalue weighted by molar-refractivity contribution is -0.0348. The third-order valence-electron chi connectivity index (χ3n) is 5.93. The van der Waals surface area contributed by atoms with Gasteiger partial charge in [0.1, 0.15) is 0 Å². The molecule has 0 aliphatic carbocycles. The molecule has 2 aliphatic rings.